The van der Waals surface area contributed by atoms with E-state index in [-0.39, 0.29) is 11.8 Å². The van der Waals surface area contributed by atoms with Crippen molar-refractivity contribution in [3.63, 3.8) is 0 Å². The molecule has 0 aromatic heterocycles. The zero-order valence-electron chi connectivity index (χ0n) is 8.73. The number of carbonyl (C=O) groups excluding carboxylic acids is 1. The summed E-state index contributed by atoms with van der Waals surface area (Å²) in [6.07, 6.45) is 8.47. The maximum atomic E-state index is 11.7. The van der Waals surface area contributed by atoms with Gasteiger partial charge in [0.15, 0.2) is 0 Å². The van der Waals surface area contributed by atoms with Crippen molar-refractivity contribution in [2.45, 2.75) is 44.9 Å². The average molecular weight is 218 g/mol. The molecule has 0 spiro atoms. The van der Waals surface area contributed by atoms with Gasteiger partial charge >= 0.3 is 0 Å². The Labute approximate surface area is 91.4 Å². The highest BCUT2D eigenvalue weighted by atomic mass is 35.5. The zero-order chi connectivity index (χ0) is 10.2. The predicted molar refractivity (Wildman–Crippen MR) is 59.5 cm³/mol. The van der Waals surface area contributed by atoms with Crippen molar-refractivity contribution in [2.75, 3.05) is 12.4 Å². The summed E-state index contributed by atoms with van der Waals surface area (Å²) in [6, 6.07) is 0. The van der Waals surface area contributed by atoms with Crippen LogP contribution in [-0.2, 0) is 4.79 Å². The molecule has 0 aromatic rings. The van der Waals surface area contributed by atoms with Crippen molar-refractivity contribution in [1.82, 2.24) is 5.32 Å². The lowest BCUT2D eigenvalue weighted by Gasteiger charge is -2.18. The van der Waals surface area contributed by atoms with E-state index in [0.717, 1.165) is 12.8 Å². The van der Waals surface area contributed by atoms with Gasteiger partial charge < -0.3 is 5.32 Å². The van der Waals surface area contributed by atoms with E-state index in [2.05, 4.69) is 5.32 Å². The molecule has 1 aliphatic rings. The summed E-state index contributed by atoms with van der Waals surface area (Å²) in [5.74, 6) is 0.976. The van der Waals surface area contributed by atoms with Crippen LogP contribution in [0.3, 0.4) is 0 Å². The van der Waals surface area contributed by atoms with Gasteiger partial charge in [0.2, 0.25) is 5.91 Å². The monoisotopic (exact) mass is 217 g/mol. The summed E-state index contributed by atoms with van der Waals surface area (Å²) in [5.41, 5.74) is 0. The molecule has 0 unspecified atom stereocenters. The predicted octanol–water partition coefficient (Wildman–Crippen LogP) is 2.70. The fraction of sp³-hybridized carbons (Fsp3) is 0.909. The van der Waals surface area contributed by atoms with Gasteiger partial charge in [-0.05, 0) is 12.8 Å². The Hall–Kier alpha value is -0.240. The fourth-order valence-corrected chi connectivity index (χ4v) is 2.13. The molecule has 1 N–H and O–H groups in total. The Kier molecular flexibility index (Phi) is 6.00. The number of hydrogen-bond acceptors (Lipinski definition) is 1. The molecule has 0 saturated heterocycles. The number of rotatable bonds is 3. The molecule has 1 fully saturated rings. The summed E-state index contributed by atoms with van der Waals surface area (Å²) < 4.78 is 0. The fourth-order valence-electron chi connectivity index (χ4n) is 2.03. The molecule has 1 saturated carbocycles. The highest BCUT2D eigenvalue weighted by Crippen LogP contribution is 2.22. The third kappa shape index (κ3) is 4.32. The first kappa shape index (κ1) is 11.8. The van der Waals surface area contributed by atoms with Crippen LogP contribution in [0.5, 0.6) is 0 Å². The lowest BCUT2D eigenvalue weighted by Crippen LogP contribution is -2.32. The smallest absolute Gasteiger partial charge is 0.223 e. The van der Waals surface area contributed by atoms with E-state index in [1.165, 1.54) is 32.1 Å². The highest BCUT2D eigenvalue weighted by molar-refractivity contribution is 6.18. The van der Waals surface area contributed by atoms with Gasteiger partial charge in [-0.25, -0.2) is 0 Å². The van der Waals surface area contributed by atoms with Crippen molar-refractivity contribution in [3.05, 3.63) is 0 Å². The number of hydrogen-bond donors (Lipinski definition) is 1. The van der Waals surface area contributed by atoms with Gasteiger partial charge in [-0.1, -0.05) is 32.1 Å². The number of nitrogens with one attached hydrogen (secondary N) is 1. The normalized spacial score (nSPS) is 19.8. The zero-order valence-corrected chi connectivity index (χ0v) is 9.48. The number of carbonyl (C=O) groups is 1. The molecule has 0 bridgehead atoms. The lowest BCUT2D eigenvalue weighted by atomic mass is 9.90. The largest absolute Gasteiger partial charge is 0.355 e. The standard InChI is InChI=1S/C11H20ClNO/c12-8-9-13-11(14)10-6-4-2-1-3-5-7-10/h10H,1-9H2,(H,13,14). The van der Waals surface area contributed by atoms with Gasteiger partial charge in [0.25, 0.3) is 0 Å². The van der Waals surface area contributed by atoms with Crippen LogP contribution in [0.1, 0.15) is 44.9 Å². The van der Waals surface area contributed by atoms with Crippen LogP contribution in [0.15, 0.2) is 0 Å². The minimum atomic E-state index is 0.215. The summed E-state index contributed by atoms with van der Waals surface area (Å²) in [7, 11) is 0. The topological polar surface area (TPSA) is 29.1 Å². The van der Waals surface area contributed by atoms with Crippen LogP contribution >= 0.6 is 11.6 Å². The number of alkyl halides is 1. The van der Waals surface area contributed by atoms with Crippen LogP contribution in [0.25, 0.3) is 0 Å². The van der Waals surface area contributed by atoms with Crippen LogP contribution in [0, 0.1) is 5.92 Å². The molecule has 0 aliphatic heterocycles. The SMILES string of the molecule is O=C(NCCCl)C1CCCCCCC1. The van der Waals surface area contributed by atoms with Crippen molar-refractivity contribution in [3.8, 4) is 0 Å². The third-order valence-electron chi connectivity index (χ3n) is 2.87. The van der Waals surface area contributed by atoms with Gasteiger partial charge in [0, 0.05) is 18.3 Å². The second kappa shape index (κ2) is 7.10. The number of amides is 1. The molecule has 1 amide bonds. The van der Waals surface area contributed by atoms with Crippen molar-refractivity contribution in [1.29, 1.82) is 0 Å². The summed E-state index contributed by atoms with van der Waals surface area (Å²) in [4.78, 5) is 11.7. The molecule has 2 nitrogen and oxygen atoms in total. The molecule has 0 radical (unpaired) electrons. The molecular weight excluding hydrogens is 198 g/mol. The Morgan fingerprint density at radius 2 is 1.71 bits per heavy atom. The summed E-state index contributed by atoms with van der Waals surface area (Å²) in [6.45, 7) is 0.608. The molecule has 1 rings (SSSR count). The van der Waals surface area contributed by atoms with E-state index in [4.69, 9.17) is 11.6 Å². The Balaban J connectivity index is 2.27. The van der Waals surface area contributed by atoms with Gasteiger partial charge in [-0.15, -0.1) is 11.6 Å². The molecule has 1 aliphatic carbocycles. The second-order valence-corrected chi connectivity index (χ2v) is 4.40. The van der Waals surface area contributed by atoms with E-state index in [1.54, 1.807) is 0 Å². The van der Waals surface area contributed by atoms with Crippen molar-refractivity contribution < 1.29 is 4.79 Å². The summed E-state index contributed by atoms with van der Waals surface area (Å²) >= 11 is 5.53. The summed E-state index contributed by atoms with van der Waals surface area (Å²) in [5, 5.41) is 2.88. The highest BCUT2D eigenvalue weighted by Gasteiger charge is 2.18. The van der Waals surface area contributed by atoms with Gasteiger partial charge in [-0.2, -0.15) is 0 Å². The minimum Gasteiger partial charge on any atom is -0.355 e. The molecule has 3 heteroatoms. The van der Waals surface area contributed by atoms with Crippen LogP contribution in [0.2, 0.25) is 0 Å². The maximum Gasteiger partial charge on any atom is 0.223 e. The first-order valence-electron chi connectivity index (χ1n) is 5.68. The van der Waals surface area contributed by atoms with E-state index >= 15 is 0 Å². The van der Waals surface area contributed by atoms with Crippen molar-refractivity contribution in [2.24, 2.45) is 5.92 Å². The average Bonchev–Trinajstić information content (AvgIpc) is 2.13. The molecule has 14 heavy (non-hydrogen) atoms. The van der Waals surface area contributed by atoms with E-state index in [1.807, 2.05) is 0 Å². The van der Waals surface area contributed by atoms with Crippen LogP contribution in [-0.4, -0.2) is 18.3 Å². The third-order valence-corrected chi connectivity index (χ3v) is 3.06. The first-order chi connectivity index (χ1) is 6.84. The Morgan fingerprint density at radius 3 is 2.29 bits per heavy atom. The molecule has 0 heterocycles. The Bertz CT molecular complexity index is 165. The first-order valence-corrected chi connectivity index (χ1v) is 6.21. The van der Waals surface area contributed by atoms with Crippen LogP contribution < -0.4 is 5.32 Å². The van der Waals surface area contributed by atoms with Gasteiger partial charge in [-0.3, -0.25) is 4.79 Å². The molecule has 82 valence electrons. The van der Waals surface area contributed by atoms with Crippen LogP contribution in [0.4, 0.5) is 0 Å². The van der Waals surface area contributed by atoms with Gasteiger partial charge in [0.05, 0.1) is 0 Å². The molecule has 0 aromatic carbocycles. The van der Waals surface area contributed by atoms with E-state index in [9.17, 15) is 4.79 Å². The molecular formula is C11H20ClNO. The van der Waals surface area contributed by atoms with E-state index < -0.39 is 0 Å². The van der Waals surface area contributed by atoms with E-state index in [0.29, 0.717) is 12.4 Å². The minimum absolute atomic E-state index is 0.215. The quantitative estimate of drug-likeness (QED) is 0.724. The maximum absolute atomic E-state index is 11.7. The number of halogens is 1. The van der Waals surface area contributed by atoms with Gasteiger partial charge in [0.1, 0.15) is 0 Å². The van der Waals surface area contributed by atoms with Crippen molar-refractivity contribution >= 4 is 17.5 Å². The lowest BCUT2D eigenvalue weighted by molar-refractivity contribution is -0.125. The molecule has 0 atom stereocenters. The second-order valence-electron chi connectivity index (χ2n) is 4.02. The Morgan fingerprint density at radius 1 is 1.14 bits per heavy atom.